The lowest BCUT2D eigenvalue weighted by Gasteiger charge is -2.28. The van der Waals surface area contributed by atoms with Crippen LogP contribution in [-0.4, -0.2) is 60.0 Å². The summed E-state index contributed by atoms with van der Waals surface area (Å²) in [5.74, 6) is -0.602. The molecule has 3 aromatic carbocycles. The molecule has 2 amide bonds. The molecule has 0 fully saturated rings. The molecule has 0 aromatic heterocycles. The van der Waals surface area contributed by atoms with Gasteiger partial charge in [0.2, 0.25) is 5.91 Å². The molecular weight excluding hydrogens is 618 g/mol. The molecule has 3 aromatic rings. The summed E-state index contributed by atoms with van der Waals surface area (Å²) in [6.45, 7) is 8.66. The summed E-state index contributed by atoms with van der Waals surface area (Å²) in [6, 6.07) is 21.8. The van der Waals surface area contributed by atoms with Gasteiger partial charge in [-0.3, -0.25) is 24.8 Å². The van der Waals surface area contributed by atoms with Gasteiger partial charge in [0.05, 0.1) is 18.5 Å². The van der Waals surface area contributed by atoms with Crippen molar-refractivity contribution in [2.24, 2.45) is 4.99 Å². The second-order valence-corrected chi connectivity index (χ2v) is 13.3. The molecule has 1 unspecified atom stereocenters. The molecule has 49 heavy (non-hydrogen) atoms. The van der Waals surface area contributed by atoms with E-state index in [0.717, 1.165) is 46.7 Å². The van der Waals surface area contributed by atoms with Crippen LogP contribution >= 0.6 is 0 Å². The van der Waals surface area contributed by atoms with E-state index in [1.54, 1.807) is 18.3 Å². The Morgan fingerprint density at radius 1 is 0.898 bits per heavy atom. The lowest BCUT2D eigenvalue weighted by Crippen LogP contribution is -2.49. The molecule has 1 atom stereocenters. The standard InChI is InChI=1S/C39H49N5O5/c1-6-7-8-9-10-23-49-32-21-17-28(18-22-32)34-25-40-36(44(5)43-34)29-13-11-27(12-14-29)24-33(38(48)41-26-35(45)46)42-37(47)30-15-19-31(20-16-30)39(2,3)4/h11-22,25,33,43H,6-10,23-24,26H2,1-5H3,(H,41,48)(H,42,47)(H,45,46). The van der Waals surface area contributed by atoms with Crippen molar-refractivity contribution in [2.45, 2.75) is 77.7 Å². The van der Waals surface area contributed by atoms with E-state index in [2.05, 4.69) is 43.8 Å². The van der Waals surface area contributed by atoms with E-state index in [4.69, 9.17) is 14.8 Å². The Hall–Kier alpha value is -5.12. The fraction of sp³-hybridized carbons (Fsp3) is 0.385. The number of aliphatic carboxylic acids is 1. The minimum atomic E-state index is -1.17. The maximum absolute atomic E-state index is 13.1. The van der Waals surface area contributed by atoms with Crippen LogP contribution in [0.3, 0.4) is 0 Å². The number of ether oxygens (including phenoxy) is 1. The van der Waals surface area contributed by atoms with Crippen LogP contribution in [0.1, 0.15) is 92.4 Å². The second-order valence-electron chi connectivity index (χ2n) is 13.3. The van der Waals surface area contributed by atoms with Crippen molar-refractivity contribution in [3.63, 3.8) is 0 Å². The van der Waals surface area contributed by atoms with E-state index >= 15 is 0 Å². The molecular formula is C39H49N5O5. The third kappa shape index (κ3) is 11.0. The van der Waals surface area contributed by atoms with Gasteiger partial charge in [0.15, 0.2) is 5.84 Å². The molecule has 1 aliphatic rings. The summed E-state index contributed by atoms with van der Waals surface area (Å²) in [4.78, 5) is 41.9. The Balaban J connectivity index is 1.40. The van der Waals surface area contributed by atoms with Crippen LogP contribution in [0.4, 0.5) is 0 Å². The van der Waals surface area contributed by atoms with E-state index in [1.807, 2.05) is 72.7 Å². The Morgan fingerprint density at radius 2 is 1.55 bits per heavy atom. The monoisotopic (exact) mass is 667 g/mol. The number of amidine groups is 1. The molecule has 1 heterocycles. The van der Waals surface area contributed by atoms with Gasteiger partial charge >= 0.3 is 5.97 Å². The zero-order valence-electron chi connectivity index (χ0n) is 29.2. The number of carbonyl (C=O) groups is 3. The quantitative estimate of drug-likeness (QED) is 0.136. The van der Waals surface area contributed by atoms with E-state index in [1.165, 1.54) is 25.7 Å². The van der Waals surface area contributed by atoms with Gasteiger partial charge in [-0.05, 0) is 59.4 Å². The Kier molecular flexibility index (Phi) is 13.0. The molecule has 10 nitrogen and oxygen atoms in total. The summed E-state index contributed by atoms with van der Waals surface area (Å²) in [6.07, 6.45) is 7.96. The number of carbonyl (C=O) groups excluding carboxylic acids is 2. The number of aliphatic imine (C=N–C) groups is 1. The summed E-state index contributed by atoms with van der Waals surface area (Å²) in [5.41, 5.74) is 8.29. The maximum Gasteiger partial charge on any atom is 0.322 e. The van der Waals surface area contributed by atoms with Crippen LogP contribution in [0.15, 0.2) is 84.0 Å². The predicted molar refractivity (Wildman–Crippen MR) is 193 cm³/mol. The number of hydrogen-bond acceptors (Lipinski definition) is 7. The Bertz CT molecular complexity index is 1620. The summed E-state index contributed by atoms with van der Waals surface area (Å²) < 4.78 is 5.90. The number of hydrogen-bond donors (Lipinski definition) is 4. The molecule has 260 valence electrons. The molecule has 4 N–H and O–H groups in total. The second kappa shape index (κ2) is 17.3. The summed E-state index contributed by atoms with van der Waals surface area (Å²) >= 11 is 0. The number of amides is 2. The first-order valence-electron chi connectivity index (χ1n) is 17.0. The molecule has 0 aliphatic carbocycles. The van der Waals surface area contributed by atoms with Gasteiger partial charge in [-0.15, -0.1) is 0 Å². The van der Waals surface area contributed by atoms with Gasteiger partial charge in [0.1, 0.15) is 18.3 Å². The highest BCUT2D eigenvalue weighted by Crippen LogP contribution is 2.23. The molecule has 0 radical (unpaired) electrons. The molecule has 0 bridgehead atoms. The first kappa shape index (κ1) is 36.7. The van der Waals surface area contributed by atoms with Crippen molar-refractivity contribution < 1.29 is 24.2 Å². The largest absolute Gasteiger partial charge is 0.494 e. The van der Waals surface area contributed by atoms with Crippen LogP contribution in [0.2, 0.25) is 0 Å². The van der Waals surface area contributed by atoms with Gasteiger partial charge in [-0.25, -0.2) is 4.99 Å². The topological polar surface area (TPSA) is 132 Å². The Labute approximate surface area is 289 Å². The van der Waals surface area contributed by atoms with Crippen molar-refractivity contribution in [1.82, 2.24) is 21.1 Å². The zero-order chi connectivity index (χ0) is 35.4. The number of hydrazine groups is 1. The number of nitrogens with zero attached hydrogens (tertiary/aromatic N) is 2. The van der Waals surface area contributed by atoms with E-state index in [9.17, 15) is 14.4 Å². The van der Waals surface area contributed by atoms with E-state index in [-0.39, 0.29) is 11.8 Å². The van der Waals surface area contributed by atoms with Gasteiger partial charge in [-0.1, -0.05) is 89.8 Å². The van der Waals surface area contributed by atoms with Crippen LogP contribution in [0.5, 0.6) is 5.75 Å². The molecule has 0 spiro atoms. The van der Waals surface area contributed by atoms with Gasteiger partial charge in [0.25, 0.3) is 5.91 Å². The highest BCUT2D eigenvalue weighted by atomic mass is 16.5. The lowest BCUT2D eigenvalue weighted by molar-refractivity contribution is -0.138. The predicted octanol–water partition coefficient (Wildman–Crippen LogP) is 6.07. The first-order chi connectivity index (χ1) is 23.4. The number of rotatable bonds is 16. The number of carboxylic acid groups (broad SMARTS) is 1. The highest BCUT2D eigenvalue weighted by Gasteiger charge is 2.24. The normalized spacial score (nSPS) is 13.4. The average molecular weight is 668 g/mol. The maximum atomic E-state index is 13.1. The number of unbranched alkanes of at least 4 members (excludes halogenated alkanes) is 4. The fourth-order valence-electron chi connectivity index (χ4n) is 5.39. The van der Waals surface area contributed by atoms with Crippen LogP contribution in [0.25, 0.3) is 5.70 Å². The van der Waals surface area contributed by atoms with Crippen LogP contribution in [0, 0.1) is 0 Å². The van der Waals surface area contributed by atoms with Gasteiger partial charge < -0.3 is 20.5 Å². The van der Waals surface area contributed by atoms with Gasteiger partial charge in [0, 0.05) is 30.2 Å². The Morgan fingerprint density at radius 3 is 2.16 bits per heavy atom. The van der Waals surface area contributed by atoms with Crippen molar-refractivity contribution in [3.8, 4) is 5.75 Å². The SMILES string of the molecule is CCCCCCCOc1ccc(C2=CN=C(c3ccc(CC(NC(=O)c4ccc(C(C)(C)C)cc4)C(=O)NCC(=O)O)cc3)N(C)N2)cc1. The van der Waals surface area contributed by atoms with Crippen molar-refractivity contribution in [1.29, 1.82) is 0 Å². The number of benzene rings is 3. The van der Waals surface area contributed by atoms with Crippen molar-refractivity contribution >= 4 is 29.3 Å². The van der Waals surface area contributed by atoms with E-state index in [0.29, 0.717) is 11.4 Å². The fourth-order valence-corrected chi connectivity index (χ4v) is 5.39. The summed E-state index contributed by atoms with van der Waals surface area (Å²) in [7, 11) is 1.89. The van der Waals surface area contributed by atoms with Crippen molar-refractivity contribution in [2.75, 3.05) is 20.2 Å². The number of carboxylic acids is 1. The van der Waals surface area contributed by atoms with E-state index < -0.39 is 30.4 Å². The molecule has 4 rings (SSSR count). The molecule has 1 aliphatic heterocycles. The highest BCUT2D eigenvalue weighted by molar-refractivity contribution is 6.00. The number of nitrogens with one attached hydrogen (secondary N) is 3. The molecule has 0 saturated carbocycles. The first-order valence-corrected chi connectivity index (χ1v) is 17.0. The third-order valence-electron chi connectivity index (χ3n) is 8.30. The van der Waals surface area contributed by atoms with Crippen LogP contribution in [-0.2, 0) is 21.4 Å². The average Bonchev–Trinajstić information content (AvgIpc) is 3.08. The smallest absolute Gasteiger partial charge is 0.322 e. The minimum Gasteiger partial charge on any atom is -0.494 e. The van der Waals surface area contributed by atoms with Gasteiger partial charge in [-0.2, -0.15) is 0 Å². The third-order valence-corrected chi connectivity index (χ3v) is 8.30. The molecule has 10 heteroatoms. The summed E-state index contributed by atoms with van der Waals surface area (Å²) in [5, 5.41) is 16.1. The van der Waals surface area contributed by atoms with Crippen molar-refractivity contribution in [3.05, 3.63) is 107 Å². The van der Waals surface area contributed by atoms with Crippen LogP contribution < -0.4 is 20.8 Å². The molecule has 0 saturated heterocycles. The zero-order valence-corrected chi connectivity index (χ0v) is 29.2. The minimum absolute atomic E-state index is 0.0677. The lowest BCUT2D eigenvalue weighted by atomic mass is 9.86.